The van der Waals surface area contributed by atoms with E-state index < -0.39 is 5.82 Å². The zero-order valence-electron chi connectivity index (χ0n) is 13.4. The Hall–Kier alpha value is -2.80. The largest absolute Gasteiger partial charge is 0.497 e. The number of thioether (sulfide) groups is 1. The number of carbonyl (C=O) groups is 2. The number of nitrogens with one attached hydrogen (secondary N) is 1. The van der Waals surface area contributed by atoms with Crippen molar-refractivity contribution in [1.29, 1.82) is 0 Å². The monoisotopic (exact) mass is 358 g/mol. The highest BCUT2D eigenvalue weighted by Gasteiger charge is 2.34. The number of imide groups is 1. The van der Waals surface area contributed by atoms with E-state index in [-0.39, 0.29) is 17.8 Å². The van der Waals surface area contributed by atoms with E-state index in [0.29, 0.717) is 16.3 Å². The minimum absolute atomic E-state index is 0.0242. The molecule has 0 unspecified atom stereocenters. The second-order valence-corrected chi connectivity index (χ2v) is 6.22. The van der Waals surface area contributed by atoms with Crippen LogP contribution in [-0.2, 0) is 4.79 Å². The van der Waals surface area contributed by atoms with Crippen molar-refractivity contribution in [2.75, 3.05) is 19.1 Å². The van der Waals surface area contributed by atoms with Crippen molar-refractivity contribution in [3.8, 4) is 5.75 Å². The molecule has 0 saturated carbocycles. The van der Waals surface area contributed by atoms with Crippen LogP contribution in [0.1, 0.15) is 5.56 Å². The highest BCUT2D eigenvalue weighted by molar-refractivity contribution is 8.18. The molecule has 0 aliphatic carbocycles. The summed E-state index contributed by atoms with van der Waals surface area (Å²) in [4.78, 5) is 25.9. The van der Waals surface area contributed by atoms with E-state index in [0.717, 1.165) is 22.2 Å². The Morgan fingerprint density at radius 2 is 2.00 bits per heavy atom. The van der Waals surface area contributed by atoms with Crippen LogP contribution in [0.4, 0.5) is 14.9 Å². The Balaban J connectivity index is 1.72. The first-order valence-corrected chi connectivity index (χ1v) is 8.27. The lowest BCUT2D eigenvalue weighted by Gasteiger charge is -2.14. The number of benzene rings is 2. The third kappa shape index (κ3) is 4.00. The molecule has 1 heterocycles. The maximum absolute atomic E-state index is 13.2. The minimum atomic E-state index is -0.392. The zero-order valence-corrected chi connectivity index (χ0v) is 14.2. The van der Waals surface area contributed by atoms with Gasteiger partial charge in [-0.05, 0) is 53.7 Å². The number of rotatable bonds is 5. The van der Waals surface area contributed by atoms with Crippen LogP contribution in [0.3, 0.4) is 0 Å². The summed E-state index contributed by atoms with van der Waals surface area (Å²) in [6, 6.07) is 13.0. The molecule has 128 valence electrons. The molecular formula is C18H15FN2O3S. The Kier molecular flexibility index (Phi) is 5.04. The number of halogens is 1. The fraction of sp³-hybridized carbons (Fsp3) is 0.111. The van der Waals surface area contributed by atoms with Crippen LogP contribution in [0.25, 0.3) is 6.08 Å². The van der Waals surface area contributed by atoms with Gasteiger partial charge in [-0.3, -0.25) is 14.5 Å². The smallest absolute Gasteiger partial charge is 0.295 e. The molecule has 7 heteroatoms. The number of carbonyl (C=O) groups excluding carboxylic acids is 2. The lowest BCUT2D eigenvalue weighted by atomic mass is 10.2. The Morgan fingerprint density at radius 3 is 2.76 bits per heavy atom. The normalized spacial score (nSPS) is 15.8. The molecule has 1 aliphatic rings. The highest BCUT2D eigenvalue weighted by atomic mass is 32.2. The van der Waals surface area contributed by atoms with Gasteiger partial charge in [0.15, 0.2) is 0 Å². The first kappa shape index (κ1) is 17.0. The lowest BCUT2D eigenvalue weighted by Crippen LogP contribution is -2.33. The van der Waals surface area contributed by atoms with E-state index in [9.17, 15) is 14.0 Å². The van der Waals surface area contributed by atoms with E-state index in [1.54, 1.807) is 43.5 Å². The molecule has 0 atom stereocenters. The van der Waals surface area contributed by atoms with E-state index in [1.807, 2.05) is 6.07 Å². The van der Waals surface area contributed by atoms with Crippen molar-refractivity contribution in [1.82, 2.24) is 4.90 Å². The molecule has 1 aliphatic heterocycles. The van der Waals surface area contributed by atoms with Crippen molar-refractivity contribution in [2.24, 2.45) is 0 Å². The van der Waals surface area contributed by atoms with Gasteiger partial charge in [-0.1, -0.05) is 18.2 Å². The number of anilines is 1. The molecule has 2 amide bonds. The summed E-state index contributed by atoms with van der Waals surface area (Å²) < 4.78 is 18.3. The van der Waals surface area contributed by atoms with Gasteiger partial charge in [0.2, 0.25) is 0 Å². The maximum Gasteiger partial charge on any atom is 0.295 e. The predicted octanol–water partition coefficient (Wildman–Crippen LogP) is 3.94. The summed E-state index contributed by atoms with van der Waals surface area (Å²) in [5.74, 6) is -0.112. The molecule has 0 bridgehead atoms. The number of methoxy groups -OCH3 is 1. The van der Waals surface area contributed by atoms with E-state index in [2.05, 4.69) is 5.32 Å². The minimum Gasteiger partial charge on any atom is -0.497 e. The van der Waals surface area contributed by atoms with Gasteiger partial charge in [0, 0.05) is 5.69 Å². The topological polar surface area (TPSA) is 58.6 Å². The van der Waals surface area contributed by atoms with Gasteiger partial charge in [0.1, 0.15) is 11.6 Å². The van der Waals surface area contributed by atoms with E-state index in [1.165, 1.54) is 12.1 Å². The van der Waals surface area contributed by atoms with E-state index in [4.69, 9.17) is 4.74 Å². The fourth-order valence-electron chi connectivity index (χ4n) is 2.29. The fourth-order valence-corrected chi connectivity index (χ4v) is 3.13. The maximum atomic E-state index is 13.2. The third-order valence-corrected chi connectivity index (χ3v) is 4.44. The molecule has 25 heavy (non-hydrogen) atoms. The molecule has 0 aromatic heterocycles. The second-order valence-electron chi connectivity index (χ2n) is 5.23. The molecule has 2 aromatic carbocycles. The predicted molar refractivity (Wildman–Crippen MR) is 95.7 cm³/mol. The summed E-state index contributed by atoms with van der Waals surface area (Å²) in [6.07, 6.45) is 1.65. The average Bonchev–Trinajstić information content (AvgIpc) is 2.87. The molecule has 5 nitrogen and oxygen atoms in total. The standard InChI is InChI=1S/C18H15FN2O3S/c1-24-15-7-2-4-12(8-15)9-16-17(22)21(18(23)25-16)11-20-14-6-3-5-13(19)10-14/h2-10,20H,11H2,1H3. The molecule has 0 spiro atoms. The first-order valence-electron chi connectivity index (χ1n) is 7.45. The molecule has 3 rings (SSSR count). The van der Waals surface area contributed by atoms with Crippen molar-refractivity contribution < 1.29 is 18.7 Å². The summed E-state index contributed by atoms with van der Waals surface area (Å²) in [5.41, 5.74) is 1.26. The van der Waals surface area contributed by atoms with Gasteiger partial charge in [-0.15, -0.1) is 0 Å². The van der Waals surface area contributed by atoms with Crippen LogP contribution in [0.2, 0.25) is 0 Å². The van der Waals surface area contributed by atoms with Crippen molar-refractivity contribution in [3.05, 3.63) is 64.8 Å². The van der Waals surface area contributed by atoms with Crippen LogP contribution < -0.4 is 10.1 Å². The molecule has 2 aromatic rings. The highest BCUT2D eigenvalue weighted by Crippen LogP contribution is 2.32. The first-order chi connectivity index (χ1) is 12.1. The van der Waals surface area contributed by atoms with Crippen molar-refractivity contribution in [3.63, 3.8) is 0 Å². The van der Waals surface area contributed by atoms with Crippen molar-refractivity contribution >= 4 is 34.7 Å². The quantitative estimate of drug-likeness (QED) is 0.821. The summed E-state index contributed by atoms with van der Waals surface area (Å²) >= 11 is 0.872. The summed E-state index contributed by atoms with van der Waals surface area (Å²) in [6.45, 7) is -0.0242. The number of hydrogen-bond donors (Lipinski definition) is 1. The summed E-state index contributed by atoms with van der Waals surface area (Å²) in [5, 5.41) is 2.50. The zero-order chi connectivity index (χ0) is 17.8. The molecule has 0 radical (unpaired) electrons. The molecule has 1 fully saturated rings. The lowest BCUT2D eigenvalue weighted by molar-refractivity contribution is -0.122. The van der Waals surface area contributed by atoms with Crippen LogP contribution in [-0.4, -0.2) is 29.8 Å². The van der Waals surface area contributed by atoms with Crippen LogP contribution in [0.15, 0.2) is 53.4 Å². The Morgan fingerprint density at radius 1 is 1.20 bits per heavy atom. The SMILES string of the molecule is COc1cccc(C=C2SC(=O)N(CNc3cccc(F)c3)C2=O)c1. The van der Waals surface area contributed by atoms with Crippen LogP contribution in [0, 0.1) is 5.82 Å². The van der Waals surface area contributed by atoms with Gasteiger partial charge >= 0.3 is 0 Å². The second kappa shape index (κ2) is 7.40. The number of ether oxygens (including phenoxy) is 1. The average molecular weight is 358 g/mol. The number of hydrogen-bond acceptors (Lipinski definition) is 5. The van der Waals surface area contributed by atoms with E-state index >= 15 is 0 Å². The number of nitrogens with zero attached hydrogens (tertiary/aromatic N) is 1. The van der Waals surface area contributed by atoms with Gasteiger partial charge in [0.25, 0.3) is 11.1 Å². The summed E-state index contributed by atoms with van der Waals surface area (Å²) in [7, 11) is 1.56. The number of amides is 2. The van der Waals surface area contributed by atoms with Gasteiger partial charge in [-0.25, -0.2) is 4.39 Å². The Bertz CT molecular complexity index is 854. The third-order valence-electron chi connectivity index (χ3n) is 3.53. The van der Waals surface area contributed by atoms with Gasteiger partial charge in [-0.2, -0.15) is 0 Å². The molecule has 1 N–H and O–H groups in total. The van der Waals surface area contributed by atoms with Gasteiger partial charge in [0.05, 0.1) is 18.7 Å². The molecule has 1 saturated heterocycles. The molecular weight excluding hydrogens is 343 g/mol. The Labute approximate surface area is 148 Å². The van der Waals surface area contributed by atoms with Gasteiger partial charge < -0.3 is 10.1 Å². The van der Waals surface area contributed by atoms with Crippen LogP contribution >= 0.6 is 11.8 Å². The van der Waals surface area contributed by atoms with Crippen molar-refractivity contribution in [2.45, 2.75) is 0 Å². The van der Waals surface area contributed by atoms with Crippen LogP contribution in [0.5, 0.6) is 5.75 Å².